The van der Waals surface area contributed by atoms with Crippen LogP contribution < -0.4 is 4.90 Å². The van der Waals surface area contributed by atoms with Crippen molar-refractivity contribution in [3.63, 3.8) is 0 Å². The van der Waals surface area contributed by atoms with Gasteiger partial charge >= 0.3 is 0 Å². The molecule has 2 rings (SSSR count). The molecule has 1 heterocycles. The third-order valence-electron chi connectivity index (χ3n) is 3.53. The number of anilines is 1. The van der Waals surface area contributed by atoms with Gasteiger partial charge in [0.2, 0.25) is 0 Å². The zero-order valence-corrected chi connectivity index (χ0v) is 11.4. The Hall–Kier alpha value is -1.20. The lowest BCUT2D eigenvalue weighted by Crippen LogP contribution is -2.27. The van der Waals surface area contributed by atoms with Crippen LogP contribution in [0.5, 0.6) is 0 Å². The zero-order chi connectivity index (χ0) is 12.8. The van der Waals surface area contributed by atoms with E-state index in [1.807, 2.05) is 12.1 Å². The number of hydrogen-bond donors (Lipinski definition) is 0. The SMILES string of the molecule is N#Cc1cc(CCl)ccc1N1CCCCCCC1. The second-order valence-corrected chi connectivity index (χ2v) is 5.12. The lowest BCUT2D eigenvalue weighted by molar-refractivity contribution is 0.556. The molecule has 0 bridgehead atoms. The van der Waals surface area contributed by atoms with Gasteiger partial charge in [-0.05, 0) is 30.5 Å². The van der Waals surface area contributed by atoms with Gasteiger partial charge < -0.3 is 4.90 Å². The molecule has 96 valence electrons. The Labute approximate surface area is 114 Å². The van der Waals surface area contributed by atoms with E-state index in [0.29, 0.717) is 5.88 Å². The second kappa shape index (κ2) is 6.66. The van der Waals surface area contributed by atoms with Gasteiger partial charge in [0.25, 0.3) is 0 Å². The minimum atomic E-state index is 0.467. The van der Waals surface area contributed by atoms with Crippen LogP contribution in [0.3, 0.4) is 0 Å². The maximum atomic E-state index is 9.28. The van der Waals surface area contributed by atoms with Gasteiger partial charge in [0.15, 0.2) is 0 Å². The van der Waals surface area contributed by atoms with Crippen LogP contribution in [0.1, 0.15) is 43.2 Å². The minimum absolute atomic E-state index is 0.467. The quantitative estimate of drug-likeness (QED) is 0.752. The monoisotopic (exact) mass is 262 g/mol. The molecule has 1 aliphatic rings. The third-order valence-corrected chi connectivity index (χ3v) is 3.84. The van der Waals surface area contributed by atoms with Crippen LogP contribution in [0, 0.1) is 11.3 Å². The molecular weight excluding hydrogens is 244 g/mol. The average Bonchev–Trinajstić information content (AvgIpc) is 2.38. The first kappa shape index (κ1) is 13.2. The first-order valence-electron chi connectivity index (χ1n) is 6.69. The Morgan fingerprint density at radius 2 is 1.78 bits per heavy atom. The summed E-state index contributed by atoms with van der Waals surface area (Å²) < 4.78 is 0. The molecule has 0 spiro atoms. The molecule has 1 saturated heterocycles. The molecule has 1 aromatic rings. The fraction of sp³-hybridized carbons (Fsp3) is 0.533. The van der Waals surface area contributed by atoms with E-state index in [1.54, 1.807) is 0 Å². The van der Waals surface area contributed by atoms with Crippen molar-refractivity contribution in [2.45, 2.75) is 38.0 Å². The highest BCUT2D eigenvalue weighted by Gasteiger charge is 2.13. The van der Waals surface area contributed by atoms with E-state index in [-0.39, 0.29) is 0 Å². The predicted molar refractivity (Wildman–Crippen MR) is 76.0 cm³/mol. The highest BCUT2D eigenvalue weighted by molar-refractivity contribution is 6.17. The number of nitrogens with zero attached hydrogens (tertiary/aromatic N) is 2. The first-order chi connectivity index (χ1) is 8.85. The van der Waals surface area contributed by atoms with E-state index in [9.17, 15) is 5.26 Å². The Morgan fingerprint density at radius 3 is 2.39 bits per heavy atom. The Bertz CT molecular complexity index is 429. The van der Waals surface area contributed by atoms with Crippen LogP contribution in [-0.4, -0.2) is 13.1 Å². The molecule has 0 N–H and O–H groups in total. The number of rotatable bonds is 2. The summed E-state index contributed by atoms with van der Waals surface area (Å²) in [5, 5.41) is 9.28. The number of nitriles is 1. The lowest BCUT2D eigenvalue weighted by atomic mass is 10.1. The molecule has 0 amide bonds. The van der Waals surface area contributed by atoms with Gasteiger partial charge in [0.05, 0.1) is 11.3 Å². The van der Waals surface area contributed by atoms with E-state index >= 15 is 0 Å². The van der Waals surface area contributed by atoms with Crippen molar-refractivity contribution in [1.29, 1.82) is 5.26 Å². The molecule has 1 fully saturated rings. The van der Waals surface area contributed by atoms with E-state index in [2.05, 4.69) is 17.0 Å². The van der Waals surface area contributed by atoms with Gasteiger partial charge in [-0.25, -0.2) is 0 Å². The molecule has 1 aromatic carbocycles. The van der Waals surface area contributed by atoms with Gasteiger partial charge in [0.1, 0.15) is 6.07 Å². The van der Waals surface area contributed by atoms with Crippen molar-refractivity contribution in [3.8, 4) is 6.07 Å². The standard InChI is InChI=1S/C15H19ClN2/c16-11-13-6-7-15(14(10-13)12-17)18-8-4-2-1-3-5-9-18/h6-7,10H,1-5,8-9,11H2. The maximum Gasteiger partial charge on any atom is 0.101 e. The molecule has 0 aliphatic carbocycles. The lowest BCUT2D eigenvalue weighted by Gasteiger charge is -2.27. The summed E-state index contributed by atoms with van der Waals surface area (Å²) >= 11 is 5.82. The Morgan fingerprint density at radius 1 is 1.11 bits per heavy atom. The van der Waals surface area contributed by atoms with Crippen molar-refractivity contribution < 1.29 is 0 Å². The Balaban J connectivity index is 2.22. The summed E-state index contributed by atoms with van der Waals surface area (Å²) in [5.41, 5.74) is 2.85. The summed E-state index contributed by atoms with van der Waals surface area (Å²) in [6.07, 6.45) is 6.41. The highest BCUT2D eigenvalue weighted by Crippen LogP contribution is 2.24. The van der Waals surface area contributed by atoms with E-state index in [0.717, 1.165) is 29.9 Å². The van der Waals surface area contributed by atoms with Crippen molar-refractivity contribution in [1.82, 2.24) is 0 Å². The van der Waals surface area contributed by atoms with E-state index in [1.165, 1.54) is 32.1 Å². The smallest absolute Gasteiger partial charge is 0.101 e. The van der Waals surface area contributed by atoms with E-state index in [4.69, 9.17) is 11.6 Å². The van der Waals surface area contributed by atoms with E-state index < -0.39 is 0 Å². The number of benzene rings is 1. The molecule has 0 saturated carbocycles. The van der Waals surface area contributed by atoms with Crippen molar-refractivity contribution >= 4 is 17.3 Å². The molecule has 0 atom stereocenters. The maximum absolute atomic E-state index is 9.28. The van der Waals surface area contributed by atoms with Gasteiger partial charge in [-0.1, -0.05) is 25.3 Å². The summed E-state index contributed by atoms with van der Waals surface area (Å²) in [6, 6.07) is 8.30. The highest BCUT2D eigenvalue weighted by atomic mass is 35.5. The molecule has 0 unspecified atom stereocenters. The van der Waals surface area contributed by atoms with Crippen LogP contribution in [0.25, 0.3) is 0 Å². The minimum Gasteiger partial charge on any atom is -0.370 e. The van der Waals surface area contributed by atoms with Crippen molar-refractivity contribution in [2.24, 2.45) is 0 Å². The van der Waals surface area contributed by atoms with Gasteiger partial charge in [-0.3, -0.25) is 0 Å². The Kier molecular flexibility index (Phi) is 4.90. The van der Waals surface area contributed by atoms with Crippen molar-refractivity contribution in [3.05, 3.63) is 29.3 Å². The molecule has 18 heavy (non-hydrogen) atoms. The van der Waals surface area contributed by atoms with Crippen LogP contribution in [-0.2, 0) is 5.88 Å². The molecule has 0 aromatic heterocycles. The van der Waals surface area contributed by atoms with Crippen LogP contribution in [0.2, 0.25) is 0 Å². The molecular formula is C15H19ClN2. The zero-order valence-electron chi connectivity index (χ0n) is 10.7. The number of hydrogen-bond acceptors (Lipinski definition) is 2. The number of halogens is 1. The molecule has 3 heteroatoms. The second-order valence-electron chi connectivity index (χ2n) is 4.85. The van der Waals surface area contributed by atoms with Gasteiger partial charge in [-0.15, -0.1) is 11.6 Å². The van der Waals surface area contributed by atoms with Gasteiger partial charge in [0, 0.05) is 19.0 Å². The van der Waals surface area contributed by atoms with Gasteiger partial charge in [-0.2, -0.15) is 5.26 Å². The number of alkyl halides is 1. The summed E-state index contributed by atoms with van der Waals surface area (Å²) in [4.78, 5) is 2.36. The van der Waals surface area contributed by atoms with Crippen LogP contribution in [0.15, 0.2) is 18.2 Å². The average molecular weight is 263 g/mol. The predicted octanol–water partition coefficient (Wildman–Crippen LogP) is 4.07. The molecule has 2 nitrogen and oxygen atoms in total. The fourth-order valence-corrected chi connectivity index (χ4v) is 2.69. The summed E-state index contributed by atoms with van der Waals surface area (Å²) in [6.45, 7) is 2.13. The third kappa shape index (κ3) is 3.17. The summed E-state index contributed by atoms with van der Waals surface area (Å²) in [7, 11) is 0. The normalized spacial score (nSPS) is 16.8. The van der Waals surface area contributed by atoms with Crippen LogP contribution >= 0.6 is 11.6 Å². The molecule has 1 aliphatic heterocycles. The first-order valence-corrected chi connectivity index (χ1v) is 7.22. The molecule has 0 radical (unpaired) electrons. The topological polar surface area (TPSA) is 27.0 Å². The fourth-order valence-electron chi connectivity index (χ4n) is 2.52. The van der Waals surface area contributed by atoms with Crippen molar-refractivity contribution in [2.75, 3.05) is 18.0 Å². The summed E-state index contributed by atoms with van der Waals surface area (Å²) in [5.74, 6) is 0.467. The largest absolute Gasteiger partial charge is 0.370 e. The van der Waals surface area contributed by atoms with Crippen LogP contribution in [0.4, 0.5) is 5.69 Å².